The van der Waals surface area contributed by atoms with E-state index in [2.05, 4.69) is 41.3 Å². The molecule has 106 valence electrons. The summed E-state index contributed by atoms with van der Waals surface area (Å²) in [6, 6.07) is 8.50. The second-order valence-corrected chi connectivity index (χ2v) is 4.91. The summed E-state index contributed by atoms with van der Waals surface area (Å²) in [7, 11) is 1.68. The molecule has 0 aliphatic rings. The summed E-state index contributed by atoms with van der Waals surface area (Å²) in [6.45, 7) is 6.24. The molecule has 0 amide bonds. The Bertz CT molecular complexity index is 554. The maximum atomic E-state index is 5.18. The van der Waals surface area contributed by atoms with E-state index in [0.717, 1.165) is 17.1 Å². The van der Waals surface area contributed by atoms with E-state index in [0.29, 0.717) is 0 Å². The predicted molar refractivity (Wildman–Crippen MR) is 79.7 cm³/mol. The first kappa shape index (κ1) is 14.5. The van der Waals surface area contributed by atoms with E-state index in [1.165, 1.54) is 5.56 Å². The number of hydrogen-bond donors (Lipinski definition) is 1. The highest BCUT2D eigenvalue weighted by Gasteiger charge is 2.14. The summed E-state index contributed by atoms with van der Waals surface area (Å²) in [5.41, 5.74) is 3.18. The minimum atomic E-state index is 0.154. The Kier molecular flexibility index (Phi) is 4.69. The number of ether oxygens (including phenoxy) is 1. The van der Waals surface area contributed by atoms with E-state index in [9.17, 15) is 0 Å². The molecule has 0 aliphatic heterocycles. The minimum Gasteiger partial charge on any atom is -0.497 e. The maximum Gasteiger partial charge on any atom is 0.118 e. The van der Waals surface area contributed by atoms with Gasteiger partial charge in [0.15, 0.2) is 0 Å². The SMILES string of the molecule is COc1ccc([C@H](C)NC(C)c2nccnc2C)cc1. The van der Waals surface area contributed by atoms with Gasteiger partial charge in [-0.05, 0) is 38.5 Å². The first-order chi connectivity index (χ1) is 9.61. The molecule has 0 fully saturated rings. The van der Waals surface area contributed by atoms with Crippen molar-refractivity contribution in [1.29, 1.82) is 0 Å². The van der Waals surface area contributed by atoms with Gasteiger partial charge in [0.2, 0.25) is 0 Å². The highest BCUT2D eigenvalue weighted by molar-refractivity contribution is 5.29. The molecule has 0 spiro atoms. The van der Waals surface area contributed by atoms with Crippen molar-refractivity contribution in [2.75, 3.05) is 7.11 Å². The molecule has 4 heteroatoms. The molecule has 0 bridgehead atoms. The molecular weight excluding hydrogens is 250 g/mol. The Morgan fingerprint density at radius 1 is 1.00 bits per heavy atom. The average molecular weight is 271 g/mol. The van der Waals surface area contributed by atoms with Crippen LogP contribution in [0, 0.1) is 6.92 Å². The Labute approximate surface area is 120 Å². The highest BCUT2D eigenvalue weighted by Crippen LogP contribution is 2.21. The van der Waals surface area contributed by atoms with Crippen molar-refractivity contribution in [2.45, 2.75) is 32.9 Å². The molecule has 2 rings (SSSR count). The lowest BCUT2D eigenvalue weighted by atomic mass is 10.1. The molecule has 1 aromatic heterocycles. The number of nitrogens with one attached hydrogen (secondary N) is 1. The van der Waals surface area contributed by atoms with E-state index >= 15 is 0 Å². The van der Waals surface area contributed by atoms with Crippen LogP contribution in [0.2, 0.25) is 0 Å². The van der Waals surface area contributed by atoms with E-state index in [-0.39, 0.29) is 12.1 Å². The molecule has 0 aliphatic carbocycles. The number of nitrogens with zero attached hydrogens (tertiary/aromatic N) is 2. The van der Waals surface area contributed by atoms with Gasteiger partial charge >= 0.3 is 0 Å². The summed E-state index contributed by atoms with van der Waals surface area (Å²) in [5.74, 6) is 0.874. The number of rotatable bonds is 5. The monoisotopic (exact) mass is 271 g/mol. The zero-order valence-electron chi connectivity index (χ0n) is 12.4. The van der Waals surface area contributed by atoms with Gasteiger partial charge in [0.25, 0.3) is 0 Å². The summed E-state index contributed by atoms with van der Waals surface area (Å²) in [6.07, 6.45) is 3.46. The number of hydrogen-bond acceptors (Lipinski definition) is 4. The Hall–Kier alpha value is -1.94. The van der Waals surface area contributed by atoms with Crippen LogP contribution in [0.15, 0.2) is 36.7 Å². The zero-order chi connectivity index (χ0) is 14.5. The first-order valence-corrected chi connectivity index (χ1v) is 6.79. The number of benzene rings is 1. The molecule has 0 saturated heterocycles. The van der Waals surface area contributed by atoms with Crippen molar-refractivity contribution in [3.8, 4) is 5.75 Å². The van der Waals surface area contributed by atoms with E-state index in [1.807, 2.05) is 19.1 Å². The number of aromatic nitrogens is 2. The normalized spacial score (nSPS) is 13.8. The molecule has 0 saturated carbocycles. The lowest BCUT2D eigenvalue weighted by molar-refractivity contribution is 0.414. The molecule has 0 radical (unpaired) electrons. The average Bonchev–Trinajstić information content (AvgIpc) is 2.47. The molecule has 1 aromatic carbocycles. The van der Waals surface area contributed by atoms with Crippen LogP contribution in [0.3, 0.4) is 0 Å². The van der Waals surface area contributed by atoms with Crippen molar-refractivity contribution in [1.82, 2.24) is 15.3 Å². The van der Waals surface area contributed by atoms with Gasteiger partial charge in [-0.15, -0.1) is 0 Å². The van der Waals surface area contributed by atoms with Crippen LogP contribution in [0.4, 0.5) is 0 Å². The molecule has 1 N–H and O–H groups in total. The second-order valence-electron chi connectivity index (χ2n) is 4.91. The topological polar surface area (TPSA) is 47.0 Å². The van der Waals surface area contributed by atoms with Crippen LogP contribution in [-0.2, 0) is 0 Å². The zero-order valence-corrected chi connectivity index (χ0v) is 12.4. The molecule has 4 nitrogen and oxygen atoms in total. The van der Waals surface area contributed by atoms with Gasteiger partial charge in [0.1, 0.15) is 5.75 Å². The summed E-state index contributed by atoms with van der Waals surface area (Å²) in [4.78, 5) is 8.69. The molecule has 2 aromatic rings. The second kappa shape index (κ2) is 6.48. The van der Waals surface area contributed by atoms with Gasteiger partial charge in [0.05, 0.1) is 18.5 Å². The van der Waals surface area contributed by atoms with E-state index in [4.69, 9.17) is 4.74 Å². The lowest BCUT2D eigenvalue weighted by Crippen LogP contribution is -2.24. The third-order valence-corrected chi connectivity index (χ3v) is 3.45. The van der Waals surface area contributed by atoms with Gasteiger partial charge in [-0.1, -0.05) is 12.1 Å². The van der Waals surface area contributed by atoms with Crippen LogP contribution in [0.1, 0.15) is 42.9 Å². The van der Waals surface area contributed by atoms with Crippen molar-refractivity contribution >= 4 is 0 Å². The highest BCUT2D eigenvalue weighted by atomic mass is 16.5. The van der Waals surface area contributed by atoms with Crippen LogP contribution in [-0.4, -0.2) is 17.1 Å². The predicted octanol–water partition coefficient (Wildman–Crippen LogP) is 3.21. The number of methoxy groups -OCH3 is 1. The Morgan fingerprint density at radius 3 is 2.25 bits per heavy atom. The molecule has 1 heterocycles. The van der Waals surface area contributed by atoms with Crippen LogP contribution in [0.5, 0.6) is 5.75 Å². The third-order valence-electron chi connectivity index (χ3n) is 3.45. The molecular formula is C16H21N3O. The van der Waals surface area contributed by atoms with Gasteiger partial charge in [-0.3, -0.25) is 9.97 Å². The van der Waals surface area contributed by atoms with Crippen molar-refractivity contribution in [2.24, 2.45) is 0 Å². The largest absolute Gasteiger partial charge is 0.497 e. The fourth-order valence-electron chi connectivity index (χ4n) is 2.29. The van der Waals surface area contributed by atoms with Crippen molar-refractivity contribution in [3.05, 3.63) is 53.6 Å². The molecule has 20 heavy (non-hydrogen) atoms. The summed E-state index contributed by atoms with van der Waals surface area (Å²) in [5, 5.41) is 3.55. The van der Waals surface area contributed by atoms with Crippen molar-refractivity contribution < 1.29 is 4.74 Å². The van der Waals surface area contributed by atoms with Gasteiger partial charge in [0, 0.05) is 24.5 Å². The Balaban J connectivity index is 2.06. The van der Waals surface area contributed by atoms with Gasteiger partial charge in [-0.2, -0.15) is 0 Å². The smallest absolute Gasteiger partial charge is 0.118 e. The van der Waals surface area contributed by atoms with E-state index in [1.54, 1.807) is 19.5 Å². The van der Waals surface area contributed by atoms with Crippen LogP contribution < -0.4 is 10.1 Å². The summed E-state index contributed by atoms with van der Waals surface area (Å²) < 4.78 is 5.18. The van der Waals surface area contributed by atoms with Gasteiger partial charge < -0.3 is 10.1 Å². The minimum absolute atomic E-state index is 0.154. The lowest BCUT2D eigenvalue weighted by Gasteiger charge is -2.21. The van der Waals surface area contributed by atoms with Crippen molar-refractivity contribution in [3.63, 3.8) is 0 Å². The van der Waals surface area contributed by atoms with Crippen LogP contribution in [0.25, 0.3) is 0 Å². The standard InChI is InChI=1S/C16H21N3O/c1-11(14-5-7-15(20-4)8-6-14)19-13(3)16-12(2)17-9-10-18-16/h5-11,13,19H,1-4H3/t11-,13?/m0/s1. The summed E-state index contributed by atoms with van der Waals surface area (Å²) >= 11 is 0. The maximum absolute atomic E-state index is 5.18. The first-order valence-electron chi connectivity index (χ1n) is 6.79. The molecule has 1 unspecified atom stereocenters. The van der Waals surface area contributed by atoms with E-state index < -0.39 is 0 Å². The quantitative estimate of drug-likeness (QED) is 0.907. The Morgan fingerprint density at radius 2 is 1.65 bits per heavy atom. The fourth-order valence-corrected chi connectivity index (χ4v) is 2.29. The fraction of sp³-hybridized carbons (Fsp3) is 0.375. The van der Waals surface area contributed by atoms with Crippen LogP contribution >= 0.6 is 0 Å². The number of aryl methyl sites for hydroxylation is 1. The third kappa shape index (κ3) is 3.33. The molecule has 2 atom stereocenters. The van der Waals surface area contributed by atoms with Gasteiger partial charge in [-0.25, -0.2) is 0 Å².